The first-order chi connectivity index (χ1) is 15.7. The van der Waals surface area contributed by atoms with Crippen LogP contribution in [-0.2, 0) is 0 Å². The fraction of sp³-hybridized carbons (Fsp3) is 0.227. The molecule has 0 bridgehead atoms. The molecule has 1 fully saturated rings. The maximum Gasteiger partial charge on any atom is 0.255 e. The third-order valence-electron chi connectivity index (χ3n) is 5.23. The largest absolute Gasteiger partial charge is 0.493 e. The molecule has 5 rings (SSSR count). The number of thiazole rings is 1. The van der Waals surface area contributed by atoms with Gasteiger partial charge in [0.25, 0.3) is 5.91 Å². The minimum absolute atomic E-state index is 0. The van der Waals surface area contributed by atoms with Crippen molar-refractivity contribution in [3.8, 4) is 17.0 Å². The van der Waals surface area contributed by atoms with Crippen LogP contribution in [0, 0.1) is 0 Å². The molecule has 1 saturated heterocycles. The summed E-state index contributed by atoms with van der Waals surface area (Å²) in [6.45, 7) is 3.03. The molecular weight excluding hydrogens is 462 g/mol. The zero-order valence-electron chi connectivity index (χ0n) is 17.8. The highest BCUT2D eigenvalue weighted by Gasteiger charge is 2.18. The molecule has 4 aromatic rings. The molecule has 0 saturated carbocycles. The minimum atomic E-state index is -0.00741. The highest BCUT2D eigenvalue weighted by atomic mass is 35.5. The number of rotatable bonds is 5. The van der Waals surface area contributed by atoms with Crippen LogP contribution in [0.25, 0.3) is 21.5 Å². The summed E-state index contributed by atoms with van der Waals surface area (Å²) in [4.78, 5) is 32.1. The number of hydrogen-bond acceptors (Lipinski definition) is 9. The number of carbonyl (C=O) groups is 1. The maximum atomic E-state index is 12.6. The van der Waals surface area contributed by atoms with Crippen molar-refractivity contribution in [3.63, 3.8) is 0 Å². The molecule has 170 valence electrons. The summed E-state index contributed by atoms with van der Waals surface area (Å²) in [5, 5.41) is 6.35. The first kappa shape index (κ1) is 22.8. The summed E-state index contributed by atoms with van der Waals surface area (Å²) in [7, 11) is 1.59. The van der Waals surface area contributed by atoms with E-state index in [1.165, 1.54) is 0 Å². The smallest absolute Gasteiger partial charge is 0.255 e. The monoisotopic (exact) mass is 483 g/mol. The number of nitrogens with one attached hydrogen (secondary N) is 2. The molecule has 1 aromatic carbocycles. The van der Waals surface area contributed by atoms with Gasteiger partial charge in [-0.3, -0.25) is 4.79 Å². The standard InChI is InChI=1S/C22H21N7O2S.ClH/c1-31-17-12-25-22(28-20(17)14-2-4-16-18(10-14)32-13-26-16)27-19-5-3-15(11-24-19)21(30)29-8-6-23-7-9-29;/h2-5,10-13,23H,6-9H2,1H3,(H,24,25,27,28);1H. The lowest BCUT2D eigenvalue weighted by Crippen LogP contribution is -2.46. The molecule has 4 heterocycles. The number of carbonyl (C=O) groups excluding carboxylic acids is 1. The van der Waals surface area contributed by atoms with Crippen LogP contribution in [0.4, 0.5) is 11.8 Å². The number of anilines is 2. The Kier molecular flexibility index (Phi) is 6.97. The Bertz CT molecular complexity index is 1260. The van der Waals surface area contributed by atoms with Gasteiger partial charge in [-0.25, -0.2) is 19.9 Å². The van der Waals surface area contributed by atoms with E-state index in [-0.39, 0.29) is 18.3 Å². The van der Waals surface area contributed by atoms with Crippen molar-refractivity contribution in [2.75, 3.05) is 38.6 Å². The Morgan fingerprint density at radius 3 is 2.73 bits per heavy atom. The lowest BCUT2D eigenvalue weighted by molar-refractivity contribution is 0.0735. The van der Waals surface area contributed by atoms with Gasteiger partial charge in [-0.15, -0.1) is 23.7 Å². The van der Waals surface area contributed by atoms with Gasteiger partial charge >= 0.3 is 0 Å². The fourth-order valence-corrected chi connectivity index (χ4v) is 4.27. The Morgan fingerprint density at radius 2 is 1.97 bits per heavy atom. The highest BCUT2D eigenvalue weighted by molar-refractivity contribution is 7.16. The van der Waals surface area contributed by atoms with Gasteiger partial charge < -0.3 is 20.3 Å². The van der Waals surface area contributed by atoms with E-state index in [1.807, 2.05) is 28.6 Å². The molecule has 0 radical (unpaired) electrons. The average Bonchev–Trinajstić information content (AvgIpc) is 3.32. The molecule has 1 amide bonds. The Hall–Kier alpha value is -3.34. The summed E-state index contributed by atoms with van der Waals surface area (Å²) in [5.41, 5.74) is 4.91. The zero-order chi connectivity index (χ0) is 21.9. The fourth-order valence-electron chi connectivity index (χ4n) is 3.55. The maximum absolute atomic E-state index is 12.6. The summed E-state index contributed by atoms with van der Waals surface area (Å²) in [5.74, 6) is 1.51. The molecule has 33 heavy (non-hydrogen) atoms. The van der Waals surface area contributed by atoms with Crippen molar-refractivity contribution in [1.29, 1.82) is 0 Å². The lowest BCUT2D eigenvalue weighted by atomic mass is 10.1. The van der Waals surface area contributed by atoms with Crippen LogP contribution in [0.1, 0.15) is 10.4 Å². The number of ether oxygens (including phenoxy) is 1. The second-order valence-electron chi connectivity index (χ2n) is 7.24. The van der Waals surface area contributed by atoms with E-state index in [0.717, 1.165) is 28.9 Å². The third-order valence-corrected chi connectivity index (χ3v) is 6.03. The number of benzene rings is 1. The predicted molar refractivity (Wildman–Crippen MR) is 131 cm³/mol. The van der Waals surface area contributed by atoms with Crippen molar-refractivity contribution < 1.29 is 9.53 Å². The Morgan fingerprint density at radius 1 is 1.12 bits per heavy atom. The van der Waals surface area contributed by atoms with Gasteiger partial charge in [0, 0.05) is 37.9 Å². The van der Waals surface area contributed by atoms with Crippen LogP contribution in [0.5, 0.6) is 5.75 Å². The van der Waals surface area contributed by atoms with Gasteiger partial charge in [0.1, 0.15) is 11.5 Å². The number of halogens is 1. The Balaban J connectivity index is 0.00000259. The van der Waals surface area contributed by atoms with E-state index in [2.05, 4.69) is 30.6 Å². The normalized spacial score (nSPS) is 13.4. The molecule has 11 heteroatoms. The molecular formula is C22H22ClN7O2S. The number of nitrogens with zero attached hydrogens (tertiary/aromatic N) is 5. The van der Waals surface area contributed by atoms with E-state index in [1.54, 1.807) is 43.0 Å². The second kappa shape index (κ2) is 10.1. The van der Waals surface area contributed by atoms with Crippen molar-refractivity contribution in [1.82, 2.24) is 30.2 Å². The average molecular weight is 484 g/mol. The van der Waals surface area contributed by atoms with E-state index in [0.29, 0.717) is 41.9 Å². The molecule has 2 N–H and O–H groups in total. The van der Waals surface area contributed by atoms with Crippen LogP contribution in [0.15, 0.2) is 48.2 Å². The van der Waals surface area contributed by atoms with Crippen LogP contribution < -0.4 is 15.4 Å². The van der Waals surface area contributed by atoms with Gasteiger partial charge in [0.05, 0.1) is 34.6 Å². The number of methoxy groups -OCH3 is 1. The Labute approximate surface area is 200 Å². The first-order valence-corrected chi connectivity index (χ1v) is 11.1. The van der Waals surface area contributed by atoms with Crippen molar-refractivity contribution in [2.24, 2.45) is 0 Å². The van der Waals surface area contributed by atoms with Crippen molar-refractivity contribution in [2.45, 2.75) is 0 Å². The summed E-state index contributed by atoms with van der Waals surface area (Å²) in [6.07, 6.45) is 3.21. The third kappa shape index (κ3) is 4.87. The topological polar surface area (TPSA) is 105 Å². The first-order valence-electron chi connectivity index (χ1n) is 10.2. The van der Waals surface area contributed by atoms with Gasteiger partial charge in [-0.2, -0.15) is 0 Å². The van der Waals surface area contributed by atoms with E-state index >= 15 is 0 Å². The summed E-state index contributed by atoms with van der Waals surface area (Å²) < 4.78 is 6.54. The van der Waals surface area contributed by atoms with Gasteiger partial charge in [0.2, 0.25) is 5.95 Å². The molecule has 1 aliphatic heterocycles. The van der Waals surface area contributed by atoms with Gasteiger partial charge in [-0.05, 0) is 24.3 Å². The number of fused-ring (bicyclic) bond motifs is 1. The van der Waals surface area contributed by atoms with Crippen LogP contribution >= 0.6 is 23.7 Å². The molecule has 0 aliphatic carbocycles. The molecule has 0 atom stereocenters. The number of amides is 1. The van der Waals surface area contributed by atoms with E-state index in [4.69, 9.17) is 4.74 Å². The molecule has 0 spiro atoms. The molecule has 0 unspecified atom stereocenters. The van der Waals surface area contributed by atoms with Crippen molar-refractivity contribution in [3.05, 3.63) is 53.8 Å². The zero-order valence-corrected chi connectivity index (χ0v) is 19.4. The van der Waals surface area contributed by atoms with Gasteiger partial charge in [0.15, 0.2) is 5.75 Å². The molecule has 3 aromatic heterocycles. The molecule has 1 aliphatic rings. The number of piperazine rings is 1. The quantitative estimate of drug-likeness (QED) is 0.445. The predicted octanol–water partition coefficient (Wildman–Crippen LogP) is 3.37. The SMILES string of the molecule is COc1cnc(Nc2ccc(C(=O)N3CCNCC3)cn2)nc1-c1ccc2ncsc2c1.Cl. The number of aromatic nitrogens is 4. The second-order valence-corrected chi connectivity index (χ2v) is 8.13. The summed E-state index contributed by atoms with van der Waals surface area (Å²) >= 11 is 1.57. The van der Waals surface area contributed by atoms with Crippen LogP contribution in [-0.4, -0.2) is 64.0 Å². The lowest BCUT2D eigenvalue weighted by Gasteiger charge is -2.27. The van der Waals surface area contributed by atoms with E-state index in [9.17, 15) is 4.79 Å². The van der Waals surface area contributed by atoms with E-state index < -0.39 is 0 Å². The highest BCUT2D eigenvalue weighted by Crippen LogP contribution is 2.31. The minimum Gasteiger partial charge on any atom is -0.493 e. The number of pyridine rings is 1. The summed E-state index contributed by atoms with van der Waals surface area (Å²) in [6, 6.07) is 9.49. The van der Waals surface area contributed by atoms with Crippen molar-refractivity contribution >= 4 is 51.6 Å². The number of hydrogen-bond donors (Lipinski definition) is 2. The van der Waals surface area contributed by atoms with Crippen LogP contribution in [0.2, 0.25) is 0 Å². The van der Waals surface area contributed by atoms with Crippen LogP contribution in [0.3, 0.4) is 0 Å². The molecule has 9 nitrogen and oxygen atoms in total. The van der Waals surface area contributed by atoms with Gasteiger partial charge in [-0.1, -0.05) is 6.07 Å².